The molecule has 3 heterocycles. The van der Waals surface area contributed by atoms with Gasteiger partial charge in [-0.2, -0.15) is 0 Å². The van der Waals surface area contributed by atoms with E-state index in [-0.39, 0.29) is 11.8 Å². The van der Waals surface area contributed by atoms with Crippen LogP contribution >= 0.6 is 11.3 Å². The highest BCUT2D eigenvalue weighted by atomic mass is 32.1. The SMILES string of the molecule is CC(=O)N1CCN(C(=O)c2cnc(-c3ccc4c(c3)CCO4)s2)C(C)(C)C1. The van der Waals surface area contributed by atoms with Crippen LogP contribution in [0.2, 0.25) is 0 Å². The van der Waals surface area contributed by atoms with E-state index in [1.54, 1.807) is 18.0 Å². The minimum atomic E-state index is -0.407. The zero-order valence-electron chi connectivity index (χ0n) is 15.8. The van der Waals surface area contributed by atoms with Gasteiger partial charge in [0.1, 0.15) is 15.6 Å². The Balaban J connectivity index is 1.55. The van der Waals surface area contributed by atoms with Gasteiger partial charge in [0.2, 0.25) is 5.91 Å². The standard InChI is InChI=1S/C20H23N3O3S/c1-13(24)22-7-8-23(20(2,3)12-22)19(25)17-11-21-18(27-17)15-4-5-16-14(10-15)6-9-26-16/h4-5,10-11H,6-9,12H2,1-3H3. The van der Waals surface area contributed by atoms with Gasteiger partial charge in [0.25, 0.3) is 5.91 Å². The Labute approximate surface area is 162 Å². The van der Waals surface area contributed by atoms with E-state index in [4.69, 9.17) is 4.74 Å². The molecule has 0 unspecified atom stereocenters. The minimum absolute atomic E-state index is 0.0172. The maximum Gasteiger partial charge on any atom is 0.266 e. The number of carbonyl (C=O) groups excluding carboxylic acids is 2. The number of thiazole rings is 1. The van der Waals surface area contributed by atoms with Crippen molar-refractivity contribution in [2.24, 2.45) is 0 Å². The van der Waals surface area contributed by atoms with Crippen LogP contribution < -0.4 is 4.74 Å². The highest BCUT2D eigenvalue weighted by Gasteiger charge is 2.38. The molecule has 0 N–H and O–H groups in total. The summed E-state index contributed by atoms with van der Waals surface area (Å²) in [5, 5.41) is 0.841. The summed E-state index contributed by atoms with van der Waals surface area (Å²) in [7, 11) is 0. The van der Waals surface area contributed by atoms with E-state index in [9.17, 15) is 9.59 Å². The number of piperazine rings is 1. The van der Waals surface area contributed by atoms with Crippen molar-refractivity contribution in [1.29, 1.82) is 0 Å². The molecule has 2 aromatic rings. The third kappa shape index (κ3) is 3.32. The minimum Gasteiger partial charge on any atom is -0.493 e. The summed E-state index contributed by atoms with van der Waals surface area (Å²) < 4.78 is 5.55. The van der Waals surface area contributed by atoms with Gasteiger partial charge >= 0.3 is 0 Å². The molecular weight excluding hydrogens is 362 g/mol. The fraction of sp³-hybridized carbons (Fsp3) is 0.450. The first kappa shape index (κ1) is 18.0. The smallest absolute Gasteiger partial charge is 0.266 e. The second kappa shape index (κ2) is 6.64. The van der Waals surface area contributed by atoms with Crippen molar-refractivity contribution in [2.45, 2.75) is 32.7 Å². The van der Waals surface area contributed by atoms with Crippen LogP contribution in [-0.2, 0) is 11.2 Å². The first-order chi connectivity index (χ1) is 12.8. The molecule has 0 spiro atoms. The third-order valence-electron chi connectivity index (χ3n) is 5.25. The summed E-state index contributed by atoms with van der Waals surface area (Å²) in [5.74, 6) is 0.976. The average molecular weight is 385 g/mol. The fourth-order valence-electron chi connectivity index (χ4n) is 3.76. The molecule has 1 aromatic heterocycles. The van der Waals surface area contributed by atoms with Gasteiger partial charge in [0, 0.05) is 38.5 Å². The van der Waals surface area contributed by atoms with Crippen molar-refractivity contribution in [3.63, 3.8) is 0 Å². The Kier molecular flexibility index (Phi) is 4.42. The monoisotopic (exact) mass is 385 g/mol. The number of fused-ring (bicyclic) bond motifs is 1. The predicted molar refractivity (Wildman–Crippen MR) is 104 cm³/mol. The number of rotatable bonds is 2. The second-order valence-electron chi connectivity index (χ2n) is 7.66. The zero-order valence-corrected chi connectivity index (χ0v) is 16.6. The van der Waals surface area contributed by atoms with Crippen LogP contribution in [0.5, 0.6) is 5.75 Å². The molecule has 1 saturated heterocycles. The summed E-state index contributed by atoms with van der Waals surface area (Å²) in [5.41, 5.74) is 1.80. The lowest BCUT2D eigenvalue weighted by atomic mass is 9.98. The van der Waals surface area contributed by atoms with Crippen molar-refractivity contribution in [3.8, 4) is 16.3 Å². The van der Waals surface area contributed by atoms with Gasteiger partial charge in [-0.1, -0.05) is 0 Å². The van der Waals surface area contributed by atoms with Gasteiger partial charge in [0.05, 0.1) is 18.3 Å². The Bertz CT molecular complexity index is 906. The molecule has 6 nitrogen and oxygen atoms in total. The van der Waals surface area contributed by atoms with Gasteiger partial charge in [-0.15, -0.1) is 11.3 Å². The third-order valence-corrected chi connectivity index (χ3v) is 6.28. The van der Waals surface area contributed by atoms with Crippen molar-refractivity contribution in [2.75, 3.05) is 26.2 Å². The number of hydrogen-bond acceptors (Lipinski definition) is 5. The van der Waals surface area contributed by atoms with Crippen LogP contribution in [0.1, 0.15) is 36.0 Å². The van der Waals surface area contributed by atoms with Gasteiger partial charge in [0.15, 0.2) is 0 Å². The topological polar surface area (TPSA) is 62.7 Å². The van der Waals surface area contributed by atoms with Gasteiger partial charge < -0.3 is 14.5 Å². The number of aromatic nitrogens is 1. The van der Waals surface area contributed by atoms with E-state index >= 15 is 0 Å². The van der Waals surface area contributed by atoms with E-state index in [0.717, 1.165) is 29.3 Å². The predicted octanol–water partition coefficient (Wildman–Crippen LogP) is 2.83. The van der Waals surface area contributed by atoms with Crippen molar-refractivity contribution >= 4 is 23.2 Å². The molecule has 4 rings (SSSR count). The van der Waals surface area contributed by atoms with Crippen LogP contribution in [0, 0.1) is 0 Å². The number of benzene rings is 1. The summed E-state index contributed by atoms with van der Waals surface area (Å²) >= 11 is 1.42. The Morgan fingerprint density at radius 3 is 2.81 bits per heavy atom. The maximum absolute atomic E-state index is 13.1. The highest BCUT2D eigenvalue weighted by molar-refractivity contribution is 7.16. The maximum atomic E-state index is 13.1. The molecule has 0 aliphatic carbocycles. The van der Waals surface area contributed by atoms with E-state index in [1.807, 2.05) is 30.9 Å². The van der Waals surface area contributed by atoms with Gasteiger partial charge in [-0.25, -0.2) is 4.98 Å². The molecule has 142 valence electrons. The first-order valence-corrected chi connectivity index (χ1v) is 9.96. The molecule has 0 radical (unpaired) electrons. The number of ether oxygens (including phenoxy) is 1. The Morgan fingerprint density at radius 1 is 1.26 bits per heavy atom. The van der Waals surface area contributed by atoms with E-state index < -0.39 is 5.54 Å². The van der Waals surface area contributed by atoms with Crippen molar-refractivity contribution in [1.82, 2.24) is 14.8 Å². The van der Waals surface area contributed by atoms with Crippen LogP contribution in [0.15, 0.2) is 24.4 Å². The molecule has 2 aliphatic rings. The molecule has 2 amide bonds. The van der Waals surface area contributed by atoms with Crippen LogP contribution in [-0.4, -0.2) is 58.4 Å². The number of carbonyl (C=O) groups is 2. The Hall–Kier alpha value is -2.41. The van der Waals surface area contributed by atoms with Crippen LogP contribution in [0.3, 0.4) is 0 Å². The molecule has 0 bridgehead atoms. The molecule has 2 aliphatic heterocycles. The fourth-order valence-corrected chi connectivity index (χ4v) is 4.62. The average Bonchev–Trinajstić information content (AvgIpc) is 3.28. The summed E-state index contributed by atoms with van der Waals surface area (Å²) in [6, 6.07) is 6.07. The zero-order chi connectivity index (χ0) is 19.2. The molecule has 1 fully saturated rings. The Morgan fingerprint density at radius 2 is 2.07 bits per heavy atom. The molecule has 7 heteroatoms. The largest absolute Gasteiger partial charge is 0.493 e. The van der Waals surface area contributed by atoms with Crippen molar-refractivity contribution in [3.05, 3.63) is 34.8 Å². The number of nitrogens with zero attached hydrogens (tertiary/aromatic N) is 3. The molecule has 0 saturated carbocycles. The van der Waals surface area contributed by atoms with Crippen LogP contribution in [0.25, 0.3) is 10.6 Å². The van der Waals surface area contributed by atoms with Crippen LogP contribution in [0.4, 0.5) is 0 Å². The lowest BCUT2D eigenvalue weighted by Gasteiger charge is -2.46. The van der Waals surface area contributed by atoms with E-state index in [2.05, 4.69) is 11.1 Å². The summed E-state index contributed by atoms with van der Waals surface area (Å²) in [4.78, 5) is 33.6. The molecular formula is C20H23N3O3S. The first-order valence-electron chi connectivity index (χ1n) is 9.14. The molecule has 0 atom stereocenters. The lowest BCUT2D eigenvalue weighted by Crippen LogP contribution is -2.61. The molecule has 1 aromatic carbocycles. The van der Waals surface area contributed by atoms with E-state index in [0.29, 0.717) is 24.5 Å². The lowest BCUT2D eigenvalue weighted by molar-refractivity contribution is -0.132. The van der Waals surface area contributed by atoms with E-state index in [1.165, 1.54) is 16.9 Å². The number of hydrogen-bond donors (Lipinski definition) is 0. The molecule has 27 heavy (non-hydrogen) atoms. The van der Waals surface area contributed by atoms with Gasteiger partial charge in [-0.05, 0) is 37.6 Å². The van der Waals surface area contributed by atoms with Gasteiger partial charge in [-0.3, -0.25) is 9.59 Å². The number of amides is 2. The summed E-state index contributed by atoms with van der Waals surface area (Å²) in [6.07, 6.45) is 2.58. The quantitative estimate of drug-likeness (QED) is 0.798. The highest BCUT2D eigenvalue weighted by Crippen LogP contribution is 2.33. The van der Waals surface area contributed by atoms with Crippen molar-refractivity contribution < 1.29 is 14.3 Å². The normalized spacial score (nSPS) is 18.2. The summed E-state index contributed by atoms with van der Waals surface area (Å²) in [6.45, 7) is 7.96. The second-order valence-corrected chi connectivity index (χ2v) is 8.69.